The fraction of sp³-hybridized carbons (Fsp3) is 0.464. The maximum Gasteiger partial charge on any atom is 0.432 e. The number of rotatable bonds is 10. The normalized spacial score (nSPS) is 17.5. The lowest BCUT2D eigenvalue weighted by atomic mass is 9.91. The van der Waals surface area contributed by atoms with Crippen molar-refractivity contribution in [2.45, 2.75) is 63.5 Å². The number of aromatic nitrogens is 1. The van der Waals surface area contributed by atoms with Crippen molar-refractivity contribution in [2.24, 2.45) is 5.92 Å². The second-order valence-corrected chi connectivity index (χ2v) is 9.50. The summed E-state index contributed by atoms with van der Waals surface area (Å²) in [4.78, 5) is 18.8. The number of hydrogen-bond donors (Lipinski definition) is 1. The number of piperidine rings is 1. The van der Waals surface area contributed by atoms with Crippen molar-refractivity contribution >= 4 is 11.6 Å². The van der Waals surface area contributed by atoms with Crippen LogP contribution in [0, 0.1) is 11.3 Å². The SMILES string of the molecule is C=CC(F)(F)c1ccc(CC2CCN(C(=O)/C(=C/C(=N)C(F)(F)F)CCCC3=CCCC=C3)CC2)nc1. The quantitative estimate of drug-likeness (QED) is 0.155. The molecule has 0 atom stereocenters. The minimum Gasteiger partial charge on any atom is -0.339 e. The Balaban J connectivity index is 1.59. The maximum atomic E-state index is 13.7. The number of alkyl halides is 5. The van der Waals surface area contributed by atoms with Crippen molar-refractivity contribution in [3.63, 3.8) is 0 Å². The molecule has 200 valence electrons. The Morgan fingerprint density at radius 1 is 1.16 bits per heavy atom. The number of allylic oxidation sites excluding steroid dienone is 6. The van der Waals surface area contributed by atoms with Gasteiger partial charge in [-0.2, -0.15) is 22.0 Å². The van der Waals surface area contributed by atoms with E-state index < -0.39 is 23.7 Å². The molecule has 1 saturated heterocycles. The van der Waals surface area contributed by atoms with Crippen molar-refractivity contribution in [1.29, 1.82) is 5.41 Å². The molecule has 2 heterocycles. The molecule has 0 aromatic carbocycles. The Morgan fingerprint density at radius 2 is 1.89 bits per heavy atom. The number of nitrogens with zero attached hydrogens (tertiary/aromatic N) is 2. The van der Waals surface area contributed by atoms with Crippen molar-refractivity contribution in [3.8, 4) is 0 Å². The summed E-state index contributed by atoms with van der Waals surface area (Å²) < 4.78 is 66.5. The summed E-state index contributed by atoms with van der Waals surface area (Å²) in [6.07, 6.45) is 8.78. The van der Waals surface area contributed by atoms with Crippen LogP contribution in [0.25, 0.3) is 0 Å². The van der Waals surface area contributed by atoms with Crippen LogP contribution < -0.4 is 0 Å². The van der Waals surface area contributed by atoms with Gasteiger partial charge in [0, 0.05) is 36.1 Å². The molecule has 0 unspecified atom stereocenters. The van der Waals surface area contributed by atoms with E-state index in [1.54, 1.807) is 11.0 Å². The second-order valence-electron chi connectivity index (χ2n) is 9.50. The summed E-state index contributed by atoms with van der Waals surface area (Å²) >= 11 is 0. The minimum atomic E-state index is -4.81. The molecule has 2 aliphatic rings. The van der Waals surface area contributed by atoms with Crippen LogP contribution in [0.5, 0.6) is 0 Å². The third kappa shape index (κ3) is 8.20. The van der Waals surface area contributed by atoms with Gasteiger partial charge in [-0.05, 0) is 81.6 Å². The number of hydrogen-bond acceptors (Lipinski definition) is 3. The second kappa shape index (κ2) is 12.4. The predicted octanol–water partition coefficient (Wildman–Crippen LogP) is 7.10. The molecule has 1 aromatic heterocycles. The monoisotopic (exact) mass is 521 g/mol. The molecule has 1 N–H and O–H groups in total. The van der Waals surface area contributed by atoms with Crippen LogP contribution in [0.1, 0.15) is 56.2 Å². The number of nitrogens with one attached hydrogen (secondary N) is 1. The molecule has 1 amide bonds. The first-order valence-corrected chi connectivity index (χ1v) is 12.5. The number of carbonyl (C=O) groups excluding carboxylic acids is 1. The molecular formula is C28H32F5N3O. The van der Waals surface area contributed by atoms with Gasteiger partial charge in [0.2, 0.25) is 5.91 Å². The molecule has 1 aliphatic heterocycles. The molecule has 0 spiro atoms. The fourth-order valence-corrected chi connectivity index (χ4v) is 4.53. The predicted molar refractivity (Wildman–Crippen MR) is 134 cm³/mol. The standard InChI is InChI=1S/C28H32F5N3O/c1-2-27(29,30)23-11-12-24(35-19-23)17-21-13-15-36(16-14-21)26(37)22(18-25(34)28(31,32)33)10-6-9-20-7-4-3-5-8-20/h2,4,7-8,11-12,18-19,21,34H,1,3,5-6,9-10,13-17H2/b22-18+,34-25?. The summed E-state index contributed by atoms with van der Waals surface area (Å²) in [6.45, 7) is 3.89. The topological polar surface area (TPSA) is 57.1 Å². The van der Waals surface area contributed by atoms with E-state index in [0.717, 1.165) is 24.6 Å². The average molecular weight is 522 g/mol. The number of amides is 1. The maximum absolute atomic E-state index is 13.7. The molecule has 9 heteroatoms. The van der Waals surface area contributed by atoms with Crippen LogP contribution in [0.3, 0.4) is 0 Å². The van der Waals surface area contributed by atoms with Crippen LogP contribution in [0.4, 0.5) is 22.0 Å². The van der Waals surface area contributed by atoms with E-state index in [1.165, 1.54) is 6.07 Å². The van der Waals surface area contributed by atoms with Gasteiger partial charge in [-0.25, -0.2) is 0 Å². The van der Waals surface area contributed by atoms with E-state index in [1.807, 2.05) is 6.08 Å². The fourth-order valence-electron chi connectivity index (χ4n) is 4.53. The molecular weight excluding hydrogens is 489 g/mol. The lowest BCUT2D eigenvalue weighted by Gasteiger charge is -2.32. The first-order chi connectivity index (χ1) is 17.5. The number of pyridine rings is 1. The molecule has 1 aliphatic carbocycles. The first-order valence-electron chi connectivity index (χ1n) is 12.5. The van der Waals surface area contributed by atoms with Gasteiger partial charge in [-0.3, -0.25) is 15.2 Å². The van der Waals surface area contributed by atoms with Gasteiger partial charge < -0.3 is 4.90 Å². The van der Waals surface area contributed by atoms with E-state index >= 15 is 0 Å². The molecule has 0 radical (unpaired) electrons. The van der Waals surface area contributed by atoms with Gasteiger partial charge in [-0.1, -0.05) is 30.4 Å². The molecule has 0 saturated carbocycles. The lowest BCUT2D eigenvalue weighted by molar-refractivity contribution is -0.128. The zero-order chi connectivity index (χ0) is 27.1. The van der Waals surface area contributed by atoms with Gasteiger partial charge >= 0.3 is 6.18 Å². The highest BCUT2D eigenvalue weighted by atomic mass is 19.4. The largest absolute Gasteiger partial charge is 0.432 e. The summed E-state index contributed by atoms with van der Waals surface area (Å²) in [5.74, 6) is -3.43. The summed E-state index contributed by atoms with van der Waals surface area (Å²) in [6, 6.07) is 2.89. The Bertz CT molecular complexity index is 1060. The van der Waals surface area contributed by atoms with Crippen LogP contribution in [0.2, 0.25) is 0 Å². The van der Waals surface area contributed by atoms with E-state index in [2.05, 4.69) is 23.7 Å². The average Bonchev–Trinajstić information content (AvgIpc) is 2.88. The van der Waals surface area contributed by atoms with Crippen LogP contribution in [-0.2, 0) is 17.1 Å². The number of likely N-dealkylation sites (tertiary alicyclic amines) is 1. The van der Waals surface area contributed by atoms with Crippen molar-refractivity contribution in [2.75, 3.05) is 13.1 Å². The lowest BCUT2D eigenvalue weighted by Crippen LogP contribution is -2.40. The highest BCUT2D eigenvalue weighted by molar-refractivity contribution is 6.05. The van der Waals surface area contributed by atoms with Crippen LogP contribution in [0.15, 0.2) is 66.4 Å². The van der Waals surface area contributed by atoms with Crippen molar-refractivity contribution < 1.29 is 26.7 Å². The molecule has 1 fully saturated rings. The molecule has 3 rings (SSSR count). The van der Waals surface area contributed by atoms with Gasteiger partial charge in [-0.15, -0.1) is 0 Å². The first kappa shape index (κ1) is 28.5. The minimum absolute atomic E-state index is 0.00145. The van der Waals surface area contributed by atoms with Crippen molar-refractivity contribution in [3.05, 3.63) is 77.7 Å². The van der Waals surface area contributed by atoms with Gasteiger partial charge in [0.25, 0.3) is 5.92 Å². The Morgan fingerprint density at radius 3 is 2.46 bits per heavy atom. The summed E-state index contributed by atoms with van der Waals surface area (Å²) in [5, 5.41) is 7.38. The smallest absolute Gasteiger partial charge is 0.339 e. The van der Waals surface area contributed by atoms with Gasteiger partial charge in [0.15, 0.2) is 0 Å². The van der Waals surface area contributed by atoms with Crippen molar-refractivity contribution in [1.82, 2.24) is 9.88 Å². The molecule has 1 aromatic rings. The third-order valence-corrected chi connectivity index (χ3v) is 6.75. The van der Waals surface area contributed by atoms with Gasteiger partial charge in [0.1, 0.15) is 5.71 Å². The number of halogens is 5. The zero-order valence-corrected chi connectivity index (χ0v) is 20.7. The van der Waals surface area contributed by atoms with E-state index in [0.29, 0.717) is 63.0 Å². The van der Waals surface area contributed by atoms with E-state index in [9.17, 15) is 26.7 Å². The molecule has 4 nitrogen and oxygen atoms in total. The molecule has 37 heavy (non-hydrogen) atoms. The Labute approximate surface area is 214 Å². The highest BCUT2D eigenvalue weighted by Crippen LogP contribution is 2.29. The summed E-state index contributed by atoms with van der Waals surface area (Å²) in [7, 11) is 0. The van der Waals surface area contributed by atoms with Crippen LogP contribution >= 0.6 is 0 Å². The highest BCUT2D eigenvalue weighted by Gasteiger charge is 2.34. The van der Waals surface area contributed by atoms with Crippen LogP contribution in [-0.4, -0.2) is 40.8 Å². The molecule has 0 bridgehead atoms. The zero-order valence-electron chi connectivity index (χ0n) is 20.7. The summed E-state index contributed by atoms with van der Waals surface area (Å²) in [5.41, 5.74) is 0.0186. The Hall–Kier alpha value is -3.10. The Kier molecular flexibility index (Phi) is 9.56. The van der Waals surface area contributed by atoms with E-state index in [-0.39, 0.29) is 23.5 Å². The van der Waals surface area contributed by atoms with E-state index in [4.69, 9.17) is 5.41 Å². The van der Waals surface area contributed by atoms with Gasteiger partial charge in [0.05, 0.1) is 0 Å². The number of carbonyl (C=O) groups is 1. The third-order valence-electron chi connectivity index (χ3n) is 6.75.